The van der Waals surface area contributed by atoms with Gasteiger partial charge in [-0.05, 0) is 55.7 Å². The first kappa shape index (κ1) is 30.5. The lowest BCUT2D eigenvalue weighted by atomic mass is 10.0. The smallest absolute Gasteiger partial charge is 0.243 e. The molecule has 0 fully saturated rings. The van der Waals surface area contributed by atoms with Gasteiger partial charge in [0.1, 0.15) is 6.04 Å². The zero-order valence-electron chi connectivity index (χ0n) is 22.8. The second-order valence-corrected chi connectivity index (χ2v) is 12.7. The lowest BCUT2D eigenvalue weighted by Gasteiger charge is -2.33. The minimum Gasteiger partial charge on any atom is -0.352 e. The first-order valence-corrected chi connectivity index (χ1v) is 15.2. The van der Waals surface area contributed by atoms with E-state index in [2.05, 4.69) is 21.2 Å². The second-order valence-electron chi connectivity index (χ2n) is 9.75. The van der Waals surface area contributed by atoms with E-state index in [1.807, 2.05) is 75.4 Å². The number of nitrogens with zero attached hydrogens (tertiary/aromatic N) is 2. The molecule has 2 atom stereocenters. The van der Waals surface area contributed by atoms with Crippen molar-refractivity contribution in [3.63, 3.8) is 0 Å². The molecule has 9 heteroatoms. The molecule has 0 aliphatic rings. The Morgan fingerprint density at radius 1 is 0.949 bits per heavy atom. The van der Waals surface area contributed by atoms with Crippen molar-refractivity contribution < 1.29 is 18.0 Å². The van der Waals surface area contributed by atoms with Gasteiger partial charge in [0.25, 0.3) is 0 Å². The molecule has 0 radical (unpaired) electrons. The number of halogens is 1. The number of hydrogen-bond acceptors (Lipinski definition) is 4. The average molecular weight is 615 g/mol. The van der Waals surface area contributed by atoms with E-state index in [0.29, 0.717) is 0 Å². The zero-order chi connectivity index (χ0) is 28.6. The summed E-state index contributed by atoms with van der Waals surface area (Å²) in [7, 11) is -2.53. The predicted molar refractivity (Wildman–Crippen MR) is 158 cm³/mol. The highest BCUT2D eigenvalue weighted by atomic mass is 79.9. The largest absolute Gasteiger partial charge is 0.352 e. The molecule has 39 heavy (non-hydrogen) atoms. The molecule has 0 bridgehead atoms. The van der Waals surface area contributed by atoms with E-state index in [9.17, 15) is 18.0 Å². The van der Waals surface area contributed by atoms with Crippen LogP contribution < -0.4 is 5.32 Å². The summed E-state index contributed by atoms with van der Waals surface area (Å²) in [6.45, 7) is 5.50. The van der Waals surface area contributed by atoms with E-state index in [4.69, 9.17) is 0 Å². The molecular formula is C30H36BrN3O4S. The van der Waals surface area contributed by atoms with Crippen molar-refractivity contribution in [2.75, 3.05) is 13.6 Å². The molecule has 7 nitrogen and oxygen atoms in total. The maximum Gasteiger partial charge on any atom is 0.243 e. The molecule has 0 aromatic heterocycles. The molecule has 208 valence electrons. The summed E-state index contributed by atoms with van der Waals surface area (Å²) in [5.74, 6) is -0.742. The summed E-state index contributed by atoms with van der Waals surface area (Å²) >= 11 is 3.48. The van der Waals surface area contributed by atoms with Gasteiger partial charge in [0, 0.05) is 30.5 Å². The Morgan fingerprint density at radius 3 is 2.21 bits per heavy atom. The Kier molecular flexibility index (Phi) is 10.9. The summed E-state index contributed by atoms with van der Waals surface area (Å²) in [4.78, 5) is 29.1. The Morgan fingerprint density at radius 2 is 1.59 bits per heavy atom. The summed E-state index contributed by atoms with van der Waals surface area (Å²) in [5.41, 5.74) is 2.65. The van der Waals surface area contributed by atoms with Gasteiger partial charge in [-0.25, -0.2) is 8.42 Å². The van der Waals surface area contributed by atoms with Crippen molar-refractivity contribution >= 4 is 37.8 Å². The molecule has 0 heterocycles. The van der Waals surface area contributed by atoms with E-state index in [1.54, 1.807) is 12.1 Å². The van der Waals surface area contributed by atoms with Crippen LogP contribution in [0.25, 0.3) is 0 Å². The van der Waals surface area contributed by atoms with Gasteiger partial charge in [0.05, 0.1) is 11.4 Å². The monoisotopic (exact) mass is 613 g/mol. The molecule has 0 aliphatic heterocycles. The quantitative estimate of drug-likeness (QED) is 0.314. The zero-order valence-corrected chi connectivity index (χ0v) is 25.2. The van der Waals surface area contributed by atoms with Crippen LogP contribution in [-0.4, -0.2) is 55.1 Å². The number of benzene rings is 3. The van der Waals surface area contributed by atoms with Gasteiger partial charge in [0.15, 0.2) is 0 Å². The van der Waals surface area contributed by atoms with Gasteiger partial charge in [-0.3, -0.25) is 9.59 Å². The van der Waals surface area contributed by atoms with Crippen molar-refractivity contribution in [1.29, 1.82) is 0 Å². The van der Waals surface area contributed by atoms with E-state index >= 15 is 0 Å². The SMILES string of the molecule is CCC(C)NC(=O)C(Cc1ccccc1)N(Cc1cccc(Br)c1)C(=O)CN(C)S(=O)(=O)c1ccc(C)cc1. The number of rotatable bonds is 12. The van der Waals surface area contributed by atoms with Crippen LogP contribution in [0, 0.1) is 6.92 Å². The van der Waals surface area contributed by atoms with Crippen LogP contribution in [0.5, 0.6) is 0 Å². The lowest BCUT2D eigenvalue weighted by Crippen LogP contribution is -2.54. The van der Waals surface area contributed by atoms with Gasteiger partial charge < -0.3 is 10.2 Å². The summed E-state index contributed by atoms with van der Waals surface area (Å²) in [6.07, 6.45) is 1.03. The lowest BCUT2D eigenvalue weighted by molar-refractivity contribution is -0.141. The van der Waals surface area contributed by atoms with Crippen molar-refractivity contribution in [2.45, 2.75) is 57.1 Å². The van der Waals surface area contributed by atoms with Crippen LogP contribution in [0.15, 0.2) is 88.2 Å². The molecule has 3 rings (SSSR count). The first-order chi connectivity index (χ1) is 18.5. The molecule has 0 aliphatic carbocycles. The van der Waals surface area contributed by atoms with E-state index in [0.717, 1.165) is 31.9 Å². The summed E-state index contributed by atoms with van der Waals surface area (Å²) in [6, 6.07) is 22.6. The van der Waals surface area contributed by atoms with E-state index in [-0.39, 0.29) is 29.8 Å². The summed E-state index contributed by atoms with van der Waals surface area (Å²) in [5, 5.41) is 3.02. The molecule has 2 amide bonds. The average Bonchev–Trinajstić information content (AvgIpc) is 2.91. The number of sulfonamides is 1. The highest BCUT2D eigenvalue weighted by Gasteiger charge is 2.33. The third-order valence-electron chi connectivity index (χ3n) is 6.60. The van der Waals surface area contributed by atoms with Crippen LogP contribution in [0.4, 0.5) is 0 Å². The third-order valence-corrected chi connectivity index (χ3v) is 8.91. The molecule has 2 unspecified atom stereocenters. The maximum absolute atomic E-state index is 13.9. The predicted octanol–water partition coefficient (Wildman–Crippen LogP) is 4.93. The molecule has 1 N–H and O–H groups in total. The second kappa shape index (κ2) is 13.9. The van der Waals surface area contributed by atoms with Crippen LogP contribution in [0.3, 0.4) is 0 Å². The minimum atomic E-state index is -3.91. The first-order valence-electron chi connectivity index (χ1n) is 12.9. The third kappa shape index (κ3) is 8.49. The van der Waals surface area contributed by atoms with Crippen LogP contribution in [0.2, 0.25) is 0 Å². The highest BCUT2D eigenvalue weighted by molar-refractivity contribution is 9.10. The van der Waals surface area contributed by atoms with Gasteiger partial charge in [-0.15, -0.1) is 0 Å². The maximum atomic E-state index is 13.9. The number of carbonyl (C=O) groups is 2. The van der Waals surface area contributed by atoms with E-state index in [1.165, 1.54) is 24.1 Å². The molecule has 3 aromatic rings. The van der Waals surface area contributed by atoms with E-state index < -0.39 is 28.5 Å². The minimum absolute atomic E-state index is 0.0804. The Bertz CT molecular complexity index is 1360. The number of amides is 2. The Balaban J connectivity index is 1.98. The van der Waals surface area contributed by atoms with Gasteiger partial charge in [0.2, 0.25) is 21.8 Å². The molecule has 0 saturated heterocycles. The van der Waals surface area contributed by atoms with Crippen LogP contribution in [0.1, 0.15) is 37.0 Å². The number of hydrogen-bond donors (Lipinski definition) is 1. The van der Waals surface area contributed by atoms with Crippen molar-refractivity contribution in [3.8, 4) is 0 Å². The standard InChI is InChI=1S/C30H36BrN3O4S/c1-5-23(3)32-30(36)28(19-24-10-7-6-8-11-24)34(20-25-12-9-13-26(31)18-25)29(35)21-33(4)39(37,38)27-16-14-22(2)15-17-27/h6-18,23,28H,5,19-21H2,1-4H3,(H,32,36). The topological polar surface area (TPSA) is 86.8 Å². The number of nitrogens with one attached hydrogen (secondary N) is 1. The normalized spacial score (nSPS) is 13.1. The number of likely N-dealkylation sites (N-methyl/N-ethyl adjacent to an activating group) is 1. The molecule has 0 spiro atoms. The van der Waals surface area contributed by atoms with Crippen molar-refractivity contribution in [1.82, 2.24) is 14.5 Å². The fraction of sp³-hybridized carbons (Fsp3) is 0.333. The van der Waals surface area contributed by atoms with Crippen LogP contribution in [-0.2, 0) is 32.6 Å². The fourth-order valence-corrected chi connectivity index (χ4v) is 5.65. The highest BCUT2D eigenvalue weighted by Crippen LogP contribution is 2.20. The van der Waals surface area contributed by atoms with Crippen molar-refractivity contribution in [3.05, 3.63) is 100 Å². The number of carbonyl (C=O) groups excluding carboxylic acids is 2. The Hall–Kier alpha value is -3.01. The fourth-order valence-electron chi connectivity index (χ4n) is 4.08. The number of aryl methyl sites for hydroxylation is 1. The van der Waals surface area contributed by atoms with Gasteiger partial charge >= 0.3 is 0 Å². The van der Waals surface area contributed by atoms with Gasteiger partial charge in [-0.2, -0.15) is 4.31 Å². The molecule has 3 aromatic carbocycles. The van der Waals surface area contributed by atoms with Crippen LogP contribution >= 0.6 is 15.9 Å². The molecular weight excluding hydrogens is 578 g/mol. The Labute approximate surface area is 240 Å². The van der Waals surface area contributed by atoms with Gasteiger partial charge in [-0.1, -0.05) is 83.0 Å². The molecule has 0 saturated carbocycles. The summed E-state index contributed by atoms with van der Waals surface area (Å²) < 4.78 is 28.4. The van der Waals surface area contributed by atoms with Crippen molar-refractivity contribution in [2.24, 2.45) is 0 Å².